The molecular formula is C12H9N3S. The van der Waals surface area contributed by atoms with Crippen molar-refractivity contribution < 1.29 is 0 Å². The van der Waals surface area contributed by atoms with Gasteiger partial charge in [-0.2, -0.15) is 0 Å². The van der Waals surface area contributed by atoms with Gasteiger partial charge in [-0.15, -0.1) is 0 Å². The van der Waals surface area contributed by atoms with Gasteiger partial charge >= 0.3 is 0 Å². The molecule has 3 aromatic rings. The average molecular weight is 227 g/mol. The lowest BCUT2D eigenvalue weighted by Gasteiger charge is -1.91. The third-order valence-electron chi connectivity index (χ3n) is 2.30. The number of rotatable bonds is 1. The van der Waals surface area contributed by atoms with Crippen LogP contribution in [-0.4, -0.2) is 9.97 Å². The first-order chi connectivity index (χ1) is 7.83. The van der Waals surface area contributed by atoms with E-state index in [2.05, 4.69) is 9.97 Å². The van der Waals surface area contributed by atoms with Crippen molar-refractivity contribution >= 4 is 27.5 Å². The Morgan fingerprint density at radius 2 is 1.75 bits per heavy atom. The minimum absolute atomic E-state index is 0.538. The molecular weight excluding hydrogens is 218 g/mol. The maximum atomic E-state index is 5.64. The van der Waals surface area contributed by atoms with E-state index in [4.69, 9.17) is 5.73 Å². The first kappa shape index (κ1) is 9.30. The number of aromatic nitrogens is 2. The molecule has 0 saturated carbocycles. The van der Waals surface area contributed by atoms with Crippen molar-refractivity contribution in [3.63, 3.8) is 0 Å². The summed E-state index contributed by atoms with van der Waals surface area (Å²) >= 11 is 1.56. The molecule has 2 N–H and O–H groups in total. The molecule has 2 heterocycles. The Labute approximate surface area is 96.6 Å². The monoisotopic (exact) mass is 227 g/mol. The van der Waals surface area contributed by atoms with Crippen molar-refractivity contribution in [2.45, 2.75) is 0 Å². The second kappa shape index (κ2) is 3.57. The molecule has 3 rings (SSSR count). The van der Waals surface area contributed by atoms with Gasteiger partial charge in [-0.1, -0.05) is 41.7 Å². The molecule has 0 radical (unpaired) electrons. The molecule has 1 aromatic carbocycles. The molecule has 0 bridgehead atoms. The van der Waals surface area contributed by atoms with Crippen LogP contribution in [0.5, 0.6) is 0 Å². The van der Waals surface area contributed by atoms with Gasteiger partial charge in [-0.05, 0) is 12.1 Å². The molecule has 78 valence electrons. The maximum absolute atomic E-state index is 5.64. The van der Waals surface area contributed by atoms with E-state index in [9.17, 15) is 0 Å². The Bertz CT molecular complexity index is 631. The van der Waals surface area contributed by atoms with Crippen molar-refractivity contribution in [2.24, 2.45) is 0 Å². The molecule has 3 nitrogen and oxygen atoms in total. The SMILES string of the molecule is Nc1ccc2nc(-c3ccccc3)sc2n1. The lowest BCUT2D eigenvalue weighted by atomic mass is 10.2. The summed E-state index contributed by atoms with van der Waals surface area (Å²) in [6, 6.07) is 13.8. The molecule has 0 aliphatic carbocycles. The van der Waals surface area contributed by atoms with Crippen LogP contribution in [0.25, 0.3) is 20.9 Å². The highest BCUT2D eigenvalue weighted by Crippen LogP contribution is 2.28. The fourth-order valence-corrected chi connectivity index (χ4v) is 2.49. The van der Waals surface area contributed by atoms with E-state index < -0.39 is 0 Å². The molecule has 2 aromatic heterocycles. The number of thiazole rings is 1. The molecule has 0 unspecified atom stereocenters. The zero-order valence-electron chi connectivity index (χ0n) is 8.42. The van der Waals surface area contributed by atoms with Crippen LogP contribution in [0.2, 0.25) is 0 Å². The maximum Gasteiger partial charge on any atom is 0.146 e. The molecule has 0 aliphatic rings. The van der Waals surface area contributed by atoms with E-state index in [1.165, 1.54) is 0 Å². The van der Waals surface area contributed by atoms with Crippen molar-refractivity contribution in [3.05, 3.63) is 42.5 Å². The number of fused-ring (bicyclic) bond motifs is 1. The zero-order valence-corrected chi connectivity index (χ0v) is 9.24. The third kappa shape index (κ3) is 1.53. The highest BCUT2D eigenvalue weighted by Gasteiger charge is 2.06. The van der Waals surface area contributed by atoms with Crippen LogP contribution in [0.3, 0.4) is 0 Å². The van der Waals surface area contributed by atoms with E-state index in [1.54, 1.807) is 17.4 Å². The van der Waals surface area contributed by atoms with Crippen molar-refractivity contribution in [1.82, 2.24) is 9.97 Å². The molecule has 0 fully saturated rings. The Balaban J connectivity index is 2.19. The Morgan fingerprint density at radius 1 is 0.938 bits per heavy atom. The summed E-state index contributed by atoms with van der Waals surface area (Å²) in [5, 5.41) is 0.980. The minimum Gasteiger partial charge on any atom is -0.384 e. The highest BCUT2D eigenvalue weighted by atomic mass is 32.1. The number of hydrogen-bond donors (Lipinski definition) is 1. The normalized spacial score (nSPS) is 10.8. The standard InChI is InChI=1S/C12H9N3S/c13-10-7-6-9-12(15-10)16-11(14-9)8-4-2-1-3-5-8/h1-7H,(H2,13,15). The molecule has 0 saturated heterocycles. The van der Waals surface area contributed by atoms with Gasteiger partial charge in [-0.25, -0.2) is 9.97 Å². The predicted octanol–water partition coefficient (Wildman–Crippen LogP) is 2.94. The summed E-state index contributed by atoms with van der Waals surface area (Å²) in [5.74, 6) is 0.538. The Kier molecular flexibility index (Phi) is 2.08. The number of benzene rings is 1. The van der Waals surface area contributed by atoms with Gasteiger partial charge in [0, 0.05) is 5.56 Å². The highest BCUT2D eigenvalue weighted by molar-refractivity contribution is 7.21. The largest absolute Gasteiger partial charge is 0.384 e. The van der Waals surface area contributed by atoms with Crippen molar-refractivity contribution in [2.75, 3.05) is 5.73 Å². The molecule has 16 heavy (non-hydrogen) atoms. The van der Waals surface area contributed by atoms with Crippen molar-refractivity contribution in [1.29, 1.82) is 0 Å². The van der Waals surface area contributed by atoms with Crippen LogP contribution in [0, 0.1) is 0 Å². The summed E-state index contributed by atoms with van der Waals surface area (Å²) in [5.41, 5.74) is 7.66. The summed E-state index contributed by atoms with van der Waals surface area (Å²) in [6.07, 6.45) is 0. The second-order valence-electron chi connectivity index (χ2n) is 3.45. The second-order valence-corrected chi connectivity index (χ2v) is 4.42. The first-order valence-corrected chi connectivity index (χ1v) is 5.73. The summed E-state index contributed by atoms with van der Waals surface area (Å²) in [6.45, 7) is 0. The van der Waals surface area contributed by atoms with Gasteiger partial charge in [-0.3, -0.25) is 0 Å². The van der Waals surface area contributed by atoms with Crippen LogP contribution < -0.4 is 5.73 Å². The zero-order chi connectivity index (χ0) is 11.0. The van der Waals surface area contributed by atoms with Gasteiger partial charge in [0.2, 0.25) is 0 Å². The van der Waals surface area contributed by atoms with Gasteiger partial charge in [0.05, 0.1) is 0 Å². The van der Waals surface area contributed by atoms with Gasteiger partial charge in [0.15, 0.2) is 0 Å². The quantitative estimate of drug-likeness (QED) is 0.695. The number of hydrogen-bond acceptors (Lipinski definition) is 4. The van der Waals surface area contributed by atoms with Crippen LogP contribution >= 0.6 is 11.3 Å². The third-order valence-corrected chi connectivity index (χ3v) is 3.31. The predicted molar refractivity (Wildman–Crippen MR) is 67.3 cm³/mol. The van der Waals surface area contributed by atoms with Crippen molar-refractivity contribution in [3.8, 4) is 10.6 Å². The average Bonchev–Trinajstić information content (AvgIpc) is 2.73. The fourth-order valence-electron chi connectivity index (χ4n) is 1.54. The molecule has 0 spiro atoms. The Morgan fingerprint density at radius 3 is 2.56 bits per heavy atom. The van der Waals surface area contributed by atoms with Gasteiger partial charge in [0.1, 0.15) is 21.2 Å². The lowest BCUT2D eigenvalue weighted by Crippen LogP contribution is -1.87. The molecule has 0 aliphatic heterocycles. The van der Waals surface area contributed by atoms with E-state index in [1.807, 2.05) is 36.4 Å². The van der Waals surface area contributed by atoms with E-state index in [0.29, 0.717) is 5.82 Å². The van der Waals surface area contributed by atoms with Gasteiger partial charge in [0.25, 0.3) is 0 Å². The fraction of sp³-hybridized carbons (Fsp3) is 0. The molecule has 0 atom stereocenters. The van der Waals surface area contributed by atoms with Gasteiger partial charge < -0.3 is 5.73 Å². The number of nitrogens with zero attached hydrogens (tertiary/aromatic N) is 2. The minimum atomic E-state index is 0.538. The molecule has 4 heteroatoms. The smallest absolute Gasteiger partial charge is 0.146 e. The summed E-state index contributed by atoms with van der Waals surface area (Å²) < 4.78 is 0. The first-order valence-electron chi connectivity index (χ1n) is 4.91. The number of nitrogens with two attached hydrogens (primary N) is 1. The van der Waals surface area contributed by atoms with Crippen LogP contribution in [-0.2, 0) is 0 Å². The van der Waals surface area contributed by atoms with E-state index in [0.717, 1.165) is 20.9 Å². The van der Waals surface area contributed by atoms with Crippen LogP contribution in [0.1, 0.15) is 0 Å². The number of anilines is 1. The number of pyridine rings is 1. The summed E-state index contributed by atoms with van der Waals surface area (Å²) in [4.78, 5) is 9.67. The molecule has 0 amide bonds. The van der Waals surface area contributed by atoms with E-state index in [-0.39, 0.29) is 0 Å². The van der Waals surface area contributed by atoms with Crippen LogP contribution in [0.4, 0.5) is 5.82 Å². The summed E-state index contributed by atoms with van der Waals surface area (Å²) in [7, 11) is 0. The Hall–Kier alpha value is -1.94. The number of nitrogen functional groups attached to an aromatic ring is 1. The topological polar surface area (TPSA) is 51.8 Å². The van der Waals surface area contributed by atoms with E-state index >= 15 is 0 Å². The lowest BCUT2D eigenvalue weighted by molar-refractivity contribution is 1.41. The van der Waals surface area contributed by atoms with Crippen LogP contribution in [0.15, 0.2) is 42.5 Å².